The fraction of sp³-hybridized carbons (Fsp3) is 0.556. The van der Waals surface area contributed by atoms with Gasteiger partial charge in [0.25, 0.3) is 5.56 Å². The monoisotopic (exact) mass is 494 g/mol. The molecule has 4 heterocycles. The summed E-state index contributed by atoms with van der Waals surface area (Å²) in [4.78, 5) is 27.8. The highest BCUT2D eigenvalue weighted by Gasteiger charge is 2.34. The molecule has 9 nitrogen and oxygen atoms in total. The molecule has 1 N–H and O–H groups in total. The molecular weight excluding hydrogens is 456 g/mol. The van der Waals surface area contributed by atoms with Crippen LogP contribution in [-0.4, -0.2) is 57.0 Å². The number of hydrogen-bond acceptors (Lipinski definition) is 8. The highest BCUT2D eigenvalue weighted by molar-refractivity contribution is 5.86. The van der Waals surface area contributed by atoms with Gasteiger partial charge in [0, 0.05) is 50.3 Å². The van der Waals surface area contributed by atoms with E-state index in [1.54, 1.807) is 24.0 Å². The Morgan fingerprint density at radius 3 is 2.36 bits per heavy atom. The number of aryl methyl sites for hydroxylation is 1. The molecule has 3 aliphatic rings. The van der Waals surface area contributed by atoms with Crippen LogP contribution in [0.3, 0.4) is 0 Å². The molecule has 6 rings (SSSR count). The summed E-state index contributed by atoms with van der Waals surface area (Å²) in [5.74, 6) is 1.41. The van der Waals surface area contributed by atoms with E-state index in [1.165, 1.54) is 6.20 Å². The molecule has 2 aromatic heterocycles. The van der Waals surface area contributed by atoms with Crippen LogP contribution in [0.15, 0.2) is 41.6 Å². The van der Waals surface area contributed by atoms with Gasteiger partial charge >= 0.3 is 0 Å². The summed E-state index contributed by atoms with van der Waals surface area (Å²) < 4.78 is 14.3. The number of aromatic nitrogens is 4. The van der Waals surface area contributed by atoms with E-state index in [1.807, 2.05) is 6.07 Å². The summed E-state index contributed by atoms with van der Waals surface area (Å²) in [5, 5.41) is 3.43. The van der Waals surface area contributed by atoms with Crippen LogP contribution in [0, 0.1) is 0 Å². The zero-order valence-corrected chi connectivity index (χ0v) is 19.4. The number of hydrogen-bond donors (Lipinski definition) is 1. The van der Waals surface area contributed by atoms with Gasteiger partial charge in [0.15, 0.2) is 0 Å². The molecule has 2 aliphatic heterocycles. The molecule has 9 heteroatoms. The third-order valence-electron chi connectivity index (χ3n) is 7.30. The topological polar surface area (TPSA) is 94.4 Å². The summed E-state index contributed by atoms with van der Waals surface area (Å²) in [5.41, 5.74) is 2.49. The Bertz CT molecular complexity index is 1210. The molecule has 1 aromatic carbocycles. The van der Waals surface area contributed by atoms with Gasteiger partial charge < -0.3 is 24.3 Å². The molecule has 0 radical (unpaired) electrons. The predicted octanol–water partition coefficient (Wildman–Crippen LogP) is 4.17. The van der Waals surface area contributed by atoms with Crippen LogP contribution >= 0.6 is 0 Å². The fourth-order valence-electron chi connectivity index (χ4n) is 5.49. The van der Waals surface area contributed by atoms with E-state index in [4.69, 9.17) is 9.47 Å². The van der Waals surface area contributed by atoms with Crippen molar-refractivity contribution in [1.29, 1.82) is 0 Å². The lowest BCUT2D eigenvalue weighted by molar-refractivity contribution is 0.0305. The lowest BCUT2D eigenvalue weighted by Gasteiger charge is -2.34. The van der Waals surface area contributed by atoms with E-state index in [9.17, 15) is 4.79 Å². The first-order valence-electron chi connectivity index (χ1n) is 12.2. The van der Waals surface area contributed by atoms with E-state index in [0.717, 1.165) is 74.1 Å². The summed E-state index contributed by atoms with van der Waals surface area (Å²) in [6.45, 7) is 1.76. The Kier molecular flexibility index (Phi) is 7.78. The third-order valence-corrected chi connectivity index (χ3v) is 7.30. The maximum Gasteiger partial charge on any atom is 0.269 e. The van der Waals surface area contributed by atoms with Gasteiger partial charge in [-0.3, -0.25) is 4.79 Å². The number of ether oxygens (including phenoxy) is 2. The molecule has 3 fully saturated rings. The highest BCUT2D eigenvalue weighted by Crippen LogP contribution is 2.36. The maximum absolute atomic E-state index is 12.4. The molecule has 2 atom stereocenters. The van der Waals surface area contributed by atoms with Crippen LogP contribution in [0.2, 0.25) is 0 Å². The Balaban J connectivity index is 0.00000152. The Morgan fingerprint density at radius 2 is 1.67 bits per heavy atom. The molecule has 1 saturated carbocycles. The molecule has 36 heavy (non-hydrogen) atoms. The van der Waals surface area contributed by atoms with Gasteiger partial charge in [-0.15, -0.1) is 0 Å². The molecule has 2 bridgehead atoms. The number of nitrogens with zero attached hydrogens (tertiary/aromatic N) is 5. The molecule has 2 saturated heterocycles. The fourth-order valence-corrected chi connectivity index (χ4v) is 5.49. The SMILES string of the molecule is C.C.Cn1c(=O)cnc2cc(N3CC4CCC(C3)O4)cc(OC3CCC(Nc4ncccn4)CC3)c21. The predicted molar refractivity (Wildman–Crippen MR) is 143 cm³/mol. The van der Waals surface area contributed by atoms with Crippen LogP contribution < -0.4 is 20.5 Å². The number of benzene rings is 1. The van der Waals surface area contributed by atoms with Crippen LogP contribution in [0.4, 0.5) is 11.6 Å². The number of anilines is 2. The van der Waals surface area contributed by atoms with Gasteiger partial charge in [-0.05, 0) is 50.7 Å². The van der Waals surface area contributed by atoms with Crippen LogP contribution in [0.1, 0.15) is 53.4 Å². The molecule has 194 valence electrons. The van der Waals surface area contributed by atoms with Crippen molar-refractivity contribution in [3.63, 3.8) is 0 Å². The average molecular weight is 495 g/mol. The summed E-state index contributed by atoms with van der Waals surface area (Å²) in [7, 11) is 1.79. The van der Waals surface area contributed by atoms with E-state index < -0.39 is 0 Å². The Hall–Kier alpha value is -3.20. The Labute approximate surface area is 212 Å². The molecule has 1 aliphatic carbocycles. The largest absolute Gasteiger partial charge is 0.488 e. The number of nitrogens with one attached hydrogen (secondary N) is 1. The molecule has 0 amide bonds. The molecule has 2 unspecified atom stereocenters. The van der Waals surface area contributed by atoms with Gasteiger partial charge in [0.2, 0.25) is 5.95 Å². The van der Waals surface area contributed by atoms with Crippen molar-refractivity contribution >= 4 is 22.7 Å². The summed E-state index contributed by atoms with van der Waals surface area (Å²) >= 11 is 0. The van der Waals surface area contributed by atoms with Gasteiger partial charge in [-0.2, -0.15) is 0 Å². The van der Waals surface area contributed by atoms with Crippen molar-refractivity contribution in [3.05, 3.63) is 47.1 Å². The van der Waals surface area contributed by atoms with Gasteiger partial charge in [0.1, 0.15) is 11.3 Å². The second-order valence-corrected chi connectivity index (χ2v) is 9.64. The van der Waals surface area contributed by atoms with Crippen LogP contribution in [0.5, 0.6) is 5.75 Å². The van der Waals surface area contributed by atoms with E-state index in [-0.39, 0.29) is 26.5 Å². The van der Waals surface area contributed by atoms with Crippen molar-refractivity contribution in [2.45, 2.75) is 77.7 Å². The second-order valence-electron chi connectivity index (χ2n) is 9.64. The minimum Gasteiger partial charge on any atom is -0.488 e. The third kappa shape index (κ3) is 5.16. The first-order chi connectivity index (χ1) is 16.6. The van der Waals surface area contributed by atoms with Crippen molar-refractivity contribution in [2.24, 2.45) is 7.05 Å². The quantitative estimate of drug-likeness (QED) is 0.565. The first kappa shape index (κ1) is 25.9. The summed E-state index contributed by atoms with van der Waals surface area (Å²) in [6, 6.07) is 6.32. The molecular formula is C27H38N6O3. The van der Waals surface area contributed by atoms with Gasteiger partial charge in [-0.1, -0.05) is 14.9 Å². The minimum atomic E-state index is -0.134. The average Bonchev–Trinajstić information content (AvgIpc) is 3.20. The molecule has 0 spiro atoms. The zero-order valence-electron chi connectivity index (χ0n) is 19.4. The van der Waals surface area contributed by atoms with Crippen LogP contribution in [0.25, 0.3) is 11.0 Å². The van der Waals surface area contributed by atoms with Crippen molar-refractivity contribution in [2.75, 3.05) is 23.3 Å². The Morgan fingerprint density at radius 1 is 0.972 bits per heavy atom. The lowest BCUT2D eigenvalue weighted by Crippen LogP contribution is -2.42. The standard InChI is InChI=1S/C25H30N6O3.2CH4/c1-30-23(32)13-28-21-11-17(31-14-19-7-8-20(15-31)33-19)12-22(24(21)30)34-18-5-3-16(4-6-18)29-25-26-9-2-10-27-25;;/h2,9-13,16,18-20H,3-8,14-15H2,1H3,(H,26,27,29);2*1H4. The normalized spacial score (nSPS) is 25.1. The first-order valence-corrected chi connectivity index (χ1v) is 12.2. The minimum absolute atomic E-state index is 0. The van der Waals surface area contributed by atoms with Crippen LogP contribution in [-0.2, 0) is 11.8 Å². The van der Waals surface area contributed by atoms with Gasteiger partial charge in [0.05, 0.1) is 30.0 Å². The van der Waals surface area contributed by atoms with E-state index >= 15 is 0 Å². The van der Waals surface area contributed by atoms with Gasteiger partial charge in [-0.25, -0.2) is 15.0 Å². The number of rotatable bonds is 5. The summed E-state index contributed by atoms with van der Waals surface area (Å²) in [6.07, 6.45) is 11.6. The maximum atomic E-state index is 12.4. The van der Waals surface area contributed by atoms with E-state index in [2.05, 4.69) is 37.3 Å². The molecule has 3 aromatic rings. The lowest BCUT2D eigenvalue weighted by atomic mass is 9.93. The second kappa shape index (κ2) is 10.8. The smallest absolute Gasteiger partial charge is 0.269 e. The van der Waals surface area contributed by atoms with Crippen molar-refractivity contribution in [3.8, 4) is 5.75 Å². The van der Waals surface area contributed by atoms with E-state index in [0.29, 0.717) is 24.2 Å². The number of morpholine rings is 1. The highest BCUT2D eigenvalue weighted by atomic mass is 16.5. The zero-order chi connectivity index (χ0) is 23.1. The number of fused-ring (bicyclic) bond motifs is 3. The van der Waals surface area contributed by atoms with Crippen molar-refractivity contribution < 1.29 is 9.47 Å². The van der Waals surface area contributed by atoms with Crippen molar-refractivity contribution in [1.82, 2.24) is 19.5 Å².